The molecule has 2 heterocycles. The van der Waals surface area contributed by atoms with Crippen LogP contribution in [-0.4, -0.2) is 44.0 Å². The number of aryl methyl sites for hydroxylation is 1. The third-order valence-corrected chi connectivity index (χ3v) is 4.61. The van der Waals surface area contributed by atoms with Crippen molar-refractivity contribution in [1.82, 2.24) is 10.3 Å². The number of likely N-dealkylation sites (N-methyl/N-ethyl adjacent to an activating group) is 1. The minimum absolute atomic E-state index is 0.350. The van der Waals surface area contributed by atoms with E-state index in [-0.39, 0.29) is 18.3 Å². The molecule has 0 aromatic carbocycles. The van der Waals surface area contributed by atoms with Gasteiger partial charge in [0.1, 0.15) is 0 Å². The minimum atomic E-state index is -0.367. The molecule has 0 atom stereocenters. The highest BCUT2D eigenvalue weighted by Crippen LogP contribution is 2.38. The van der Waals surface area contributed by atoms with Crippen LogP contribution in [0, 0.1) is 6.92 Å². The molecule has 1 aromatic heterocycles. The number of hydrogen-bond donors (Lipinski definition) is 1. The summed E-state index contributed by atoms with van der Waals surface area (Å²) in [6.45, 7) is 11.0. The zero-order chi connectivity index (χ0) is 17.3. The summed E-state index contributed by atoms with van der Waals surface area (Å²) in [7, 11) is 3.17. The molecule has 1 aliphatic rings. The summed E-state index contributed by atoms with van der Waals surface area (Å²) < 4.78 is 17.5. The lowest BCUT2D eigenvalue weighted by atomic mass is 9.77. The van der Waals surface area contributed by atoms with Gasteiger partial charge in [-0.05, 0) is 58.3 Å². The second-order valence-electron chi connectivity index (χ2n) is 6.92. The Balaban J connectivity index is 2.32. The summed E-state index contributed by atoms with van der Waals surface area (Å²) in [4.78, 5) is 4.29. The van der Waals surface area contributed by atoms with Gasteiger partial charge in [0.25, 0.3) is 0 Å². The van der Waals surface area contributed by atoms with Crippen LogP contribution >= 0.6 is 0 Å². The van der Waals surface area contributed by atoms with Gasteiger partial charge in [-0.1, -0.05) is 6.08 Å². The highest BCUT2D eigenvalue weighted by atomic mass is 16.7. The molecule has 1 N–H and O–H groups in total. The molecular weight excluding hydrogens is 291 g/mol. The Hall–Kier alpha value is -1.37. The van der Waals surface area contributed by atoms with Crippen LogP contribution in [-0.2, 0) is 9.31 Å². The zero-order valence-electron chi connectivity index (χ0n) is 15.2. The van der Waals surface area contributed by atoms with Crippen molar-refractivity contribution in [2.45, 2.75) is 45.8 Å². The smallest absolute Gasteiger partial charge is 0.481 e. The predicted octanol–water partition coefficient (Wildman–Crippen LogP) is 2.63. The van der Waals surface area contributed by atoms with Crippen molar-refractivity contribution in [3.05, 3.63) is 28.9 Å². The fourth-order valence-corrected chi connectivity index (χ4v) is 2.40. The Bertz CT molecular complexity index is 584. The topological polar surface area (TPSA) is 52.6 Å². The fraction of sp³-hybridized carbons (Fsp3) is 0.588. The molecule has 1 saturated heterocycles. The molecule has 2 rings (SSSR count). The summed E-state index contributed by atoms with van der Waals surface area (Å²) in [5, 5.41) is 3.19. The van der Waals surface area contributed by atoms with E-state index < -0.39 is 0 Å². The first-order valence-electron chi connectivity index (χ1n) is 7.91. The molecular formula is C17H27BN2O3. The predicted molar refractivity (Wildman–Crippen MR) is 93.5 cm³/mol. The average Bonchev–Trinajstić information content (AvgIpc) is 2.68. The van der Waals surface area contributed by atoms with Crippen LogP contribution in [0.2, 0.25) is 0 Å². The van der Waals surface area contributed by atoms with E-state index in [0.29, 0.717) is 12.4 Å². The average molecular weight is 318 g/mol. The van der Waals surface area contributed by atoms with Crippen molar-refractivity contribution < 1.29 is 14.0 Å². The molecule has 1 aliphatic heterocycles. The second kappa shape index (κ2) is 6.63. The first-order valence-corrected chi connectivity index (χ1v) is 7.91. The third kappa shape index (κ3) is 3.76. The summed E-state index contributed by atoms with van der Waals surface area (Å²) >= 11 is 0. The van der Waals surface area contributed by atoms with Gasteiger partial charge in [0, 0.05) is 18.8 Å². The van der Waals surface area contributed by atoms with E-state index in [9.17, 15) is 0 Å². The Morgan fingerprint density at radius 1 is 1.30 bits per heavy atom. The van der Waals surface area contributed by atoms with Crippen LogP contribution in [0.25, 0.3) is 6.08 Å². The van der Waals surface area contributed by atoms with Crippen LogP contribution < -0.4 is 10.1 Å². The molecule has 1 aromatic rings. The van der Waals surface area contributed by atoms with E-state index in [4.69, 9.17) is 14.0 Å². The van der Waals surface area contributed by atoms with Crippen LogP contribution in [0.5, 0.6) is 5.88 Å². The molecule has 6 heteroatoms. The molecule has 0 radical (unpaired) electrons. The van der Waals surface area contributed by atoms with Crippen LogP contribution in [0.15, 0.2) is 17.7 Å². The van der Waals surface area contributed by atoms with Crippen molar-refractivity contribution in [2.24, 2.45) is 0 Å². The van der Waals surface area contributed by atoms with Crippen molar-refractivity contribution in [1.29, 1.82) is 0 Å². The zero-order valence-corrected chi connectivity index (χ0v) is 15.2. The van der Waals surface area contributed by atoms with Gasteiger partial charge in [0.2, 0.25) is 5.88 Å². The molecule has 0 unspecified atom stereocenters. The summed E-state index contributed by atoms with van der Waals surface area (Å²) in [5.41, 5.74) is 2.48. The Morgan fingerprint density at radius 3 is 2.39 bits per heavy atom. The normalized spacial score (nSPS) is 20.0. The van der Waals surface area contributed by atoms with Gasteiger partial charge in [-0.15, -0.1) is 0 Å². The summed E-state index contributed by atoms with van der Waals surface area (Å²) in [6.07, 6.45) is 3.90. The first kappa shape index (κ1) is 18.0. The van der Waals surface area contributed by atoms with Gasteiger partial charge in [-0.2, -0.15) is 0 Å². The van der Waals surface area contributed by atoms with Crippen molar-refractivity contribution in [2.75, 3.05) is 20.7 Å². The molecule has 0 amide bonds. The van der Waals surface area contributed by atoms with Crippen molar-refractivity contribution in [3.63, 3.8) is 0 Å². The molecule has 0 bridgehead atoms. The quantitative estimate of drug-likeness (QED) is 0.846. The van der Waals surface area contributed by atoms with Gasteiger partial charge in [0.05, 0.1) is 18.3 Å². The van der Waals surface area contributed by atoms with E-state index >= 15 is 0 Å². The number of nitrogens with zero attached hydrogens (tertiary/aromatic N) is 1. The first-order chi connectivity index (χ1) is 10.7. The molecule has 0 spiro atoms. The molecule has 0 aliphatic carbocycles. The maximum atomic E-state index is 6.16. The second-order valence-corrected chi connectivity index (χ2v) is 6.92. The maximum absolute atomic E-state index is 6.16. The highest BCUT2D eigenvalue weighted by molar-refractivity contribution is 6.55. The third-order valence-electron chi connectivity index (χ3n) is 4.61. The van der Waals surface area contributed by atoms with Gasteiger partial charge in [-0.25, -0.2) is 4.98 Å². The van der Waals surface area contributed by atoms with Crippen LogP contribution in [0.3, 0.4) is 0 Å². The van der Waals surface area contributed by atoms with Gasteiger partial charge in [-0.3, -0.25) is 0 Å². The highest BCUT2D eigenvalue weighted by Gasteiger charge is 2.52. The Labute approximate surface area is 139 Å². The SMILES string of the molecule is CNCC(=Cc1cnc(OC)cc1C)B1OC(C)(C)C(C)(C)O1. The van der Waals surface area contributed by atoms with E-state index in [2.05, 4.69) is 44.1 Å². The van der Waals surface area contributed by atoms with Gasteiger partial charge in [0.15, 0.2) is 0 Å². The molecule has 1 fully saturated rings. The number of ether oxygens (including phenoxy) is 1. The fourth-order valence-electron chi connectivity index (χ4n) is 2.40. The van der Waals surface area contributed by atoms with E-state index in [1.165, 1.54) is 0 Å². The van der Waals surface area contributed by atoms with Crippen LogP contribution in [0.4, 0.5) is 0 Å². The van der Waals surface area contributed by atoms with Crippen molar-refractivity contribution in [3.8, 4) is 5.88 Å². The number of rotatable bonds is 5. The summed E-state index contributed by atoms with van der Waals surface area (Å²) in [5.74, 6) is 0.616. The number of aromatic nitrogens is 1. The number of hydrogen-bond acceptors (Lipinski definition) is 5. The van der Waals surface area contributed by atoms with E-state index in [1.807, 2.05) is 26.2 Å². The van der Waals surface area contributed by atoms with E-state index in [1.54, 1.807) is 7.11 Å². The van der Waals surface area contributed by atoms with E-state index in [0.717, 1.165) is 16.6 Å². The molecule has 23 heavy (non-hydrogen) atoms. The van der Waals surface area contributed by atoms with Gasteiger partial charge < -0.3 is 19.4 Å². The molecule has 5 nitrogen and oxygen atoms in total. The van der Waals surface area contributed by atoms with Crippen molar-refractivity contribution >= 4 is 13.2 Å². The largest absolute Gasteiger partial charge is 0.491 e. The lowest BCUT2D eigenvalue weighted by molar-refractivity contribution is 0.00578. The monoisotopic (exact) mass is 318 g/mol. The molecule has 126 valence electrons. The standard InChI is InChI=1S/C17H27BN2O3/c1-12-8-15(21-7)20-10-13(12)9-14(11-19-6)18-22-16(2,3)17(4,5)23-18/h8-10,19H,11H2,1-7H3. The summed E-state index contributed by atoms with van der Waals surface area (Å²) in [6, 6.07) is 1.92. The molecule has 0 saturated carbocycles. The minimum Gasteiger partial charge on any atom is -0.481 e. The van der Waals surface area contributed by atoms with Crippen LogP contribution in [0.1, 0.15) is 38.8 Å². The number of methoxy groups -OCH3 is 1. The lowest BCUT2D eigenvalue weighted by Gasteiger charge is -2.32. The lowest BCUT2D eigenvalue weighted by Crippen LogP contribution is -2.41. The number of nitrogens with one attached hydrogen (secondary N) is 1. The number of pyridine rings is 1. The Kier molecular flexibility index (Phi) is 5.18. The Morgan fingerprint density at radius 2 is 1.91 bits per heavy atom. The van der Waals surface area contributed by atoms with Gasteiger partial charge >= 0.3 is 7.12 Å². The maximum Gasteiger partial charge on any atom is 0.491 e.